The number of carbonyl (C=O) groups is 1. The lowest BCUT2D eigenvalue weighted by molar-refractivity contribution is 0.0698. The number of aromatic carboxylic acids is 1. The molecule has 4 rings (SSSR count). The van der Waals surface area contributed by atoms with E-state index in [4.69, 9.17) is 0 Å². The Bertz CT molecular complexity index is 1200. The number of aryl methyl sites for hydroxylation is 1. The van der Waals surface area contributed by atoms with E-state index in [9.17, 15) is 19.1 Å². The molecule has 1 saturated heterocycles. The van der Waals surface area contributed by atoms with Gasteiger partial charge in [-0.2, -0.15) is 4.39 Å². The van der Waals surface area contributed by atoms with E-state index in [1.807, 2.05) is 24.8 Å². The molecule has 0 spiro atoms. The SMILES string of the molecule is Cc1cc([C@@H](C)Nc2ccccc2C(=O)O)c2nc(N3CCCCC3)c(F)c(=O)n2c1. The molecular weight excluding hydrogens is 399 g/mol. The number of nitrogens with zero attached hydrogens (tertiary/aromatic N) is 3. The van der Waals surface area contributed by atoms with Gasteiger partial charge in [0.05, 0.1) is 11.6 Å². The Morgan fingerprint density at radius 2 is 1.94 bits per heavy atom. The van der Waals surface area contributed by atoms with Gasteiger partial charge in [0.25, 0.3) is 5.56 Å². The Morgan fingerprint density at radius 3 is 2.65 bits per heavy atom. The molecule has 1 aromatic carbocycles. The van der Waals surface area contributed by atoms with Crippen LogP contribution in [0, 0.1) is 12.7 Å². The summed E-state index contributed by atoms with van der Waals surface area (Å²) in [6.45, 7) is 5.02. The van der Waals surface area contributed by atoms with Gasteiger partial charge in [0.2, 0.25) is 5.82 Å². The van der Waals surface area contributed by atoms with Crippen molar-refractivity contribution >= 4 is 23.1 Å². The quantitative estimate of drug-likeness (QED) is 0.644. The molecule has 3 heterocycles. The van der Waals surface area contributed by atoms with Gasteiger partial charge in [-0.15, -0.1) is 0 Å². The molecule has 162 valence electrons. The summed E-state index contributed by atoms with van der Waals surface area (Å²) < 4.78 is 16.2. The highest BCUT2D eigenvalue weighted by Crippen LogP contribution is 2.27. The zero-order valence-corrected chi connectivity index (χ0v) is 17.6. The molecule has 8 heteroatoms. The number of fused-ring (bicyclic) bond motifs is 1. The molecule has 1 aliphatic rings. The maximum absolute atomic E-state index is 15.0. The minimum atomic E-state index is -1.03. The van der Waals surface area contributed by atoms with Crippen LogP contribution in [-0.4, -0.2) is 33.6 Å². The summed E-state index contributed by atoms with van der Waals surface area (Å²) in [5, 5.41) is 12.7. The van der Waals surface area contributed by atoms with E-state index in [0.29, 0.717) is 30.0 Å². The molecule has 1 atom stereocenters. The summed E-state index contributed by atoms with van der Waals surface area (Å²) in [5.41, 5.74) is 1.71. The Morgan fingerprint density at radius 1 is 1.23 bits per heavy atom. The molecule has 1 fully saturated rings. The highest BCUT2D eigenvalue weighted by atomic mass is 19.1. The first-order valence-electron chi connectivity index (χ1n) is 10.4. The van der Waals surface area contributed by atoms with Crippen molar-refractivity contribution in [1.29, 1.82) is 0 Å². The molecule has 0 radical (unpaired) electrons. The highest BCUT2D eigenvalue weighted by Gasteiger charge is 2.23. The maximum atomic E-state index is 15.0. The van der Waals surface area contributed by atoms with E-state index in [1.54, 1.807) is 24.4 Å². The van der Waals surface area contributed by atoms with Crippen LogP contribution in [-0.2, 0) is 0 Å². The van der Waals surface area contributed by atoms with Crippen LogP contribution < -0.4 is 15.8 Å². The number of carboxylic acids is 1. The second-order valence-electron chi connectivity index (χ2n) is 7.99. The number of carboxylic acid groups (broad SMARTS) is 1. The van der Waals surface area contributed by atoms with Crippen LogP contribution in [0.3, 0.4) is 0 Å². The summed E-state index contributed by atoms with van der Waals surface area (Å²) in [7, 11) is 0. The van der Waals surface area contributed by atoms with Gasteiger partial charge < -0.3 is 15.3 Å². The molecule has 0 unspecified atom stereocenters. The van der Waals surface area contributed by atoms with E-state index in [2.05, 4.69) is 10.3 Å². The maximum Gasteiger partial charge on any atom is 0.337 e. The number of hydrogen-bond acceptors (Lipinski definition) is 5. The van der Waals surface area contributed by atoms with Gasteiger partial charge in [-0.1, -0.05) is 12.1 Å². The van der Waals surface area contributed by atoms with Gasteiger partial charge >= 0.3 is 5.97 Å². The van der Waals surface area contributed by atoms with E-state index >= 15 is 0 Å². The molecule has 1 aliphatic heterocycles. The summed E-state index contributed by atoms with van der Waals surface area (Å²) in [6.07, 6.45) is 4.53. The largest absolute Gasteiger partial charge is 0.478 e. The molecule has 2 N–H and O–H groups in total. The molecule has 3 aromatic rings. The van der Waals surface area contributed by atoms with Gasteiger partial charge in [-0.3, -0.25) is 9.20 Å². The first kappa shape index (κ1) is 20.8. The smallest absolute Gasteiger partial charge is 0.337 e. The summed E-state index contributed by atoms with van der Waals surface area (Å²) >= 11 is 0. The number of rotatable bonds is 5. The van der Waals surface area contributed by atoms with Gasteiger partial charge in [-0.05, 0) is 56.9 Å². The zero-order chi connectivity index (χ0) is 22.1. The third-order valence-electron chi connectivity index (χ3n) is 5.67. The van der Waals surface area contributed by atoms with Crippen molar-refractivity contribution in [2.24, 2.45) is 0 Å². The third kappa shape index (κ3) is 3.97. The van der Waals surface area contributed by atoms with Crippen LogP contribution in [0.25, 0.3) is 5.65 Å². The van der Waals surface area contributed by atoms with E-state index in [-0.39, 0.29) is 17.4 Å². The predicted molar refractivity (Wildman–Crippen MR) is 118 cm³/mol. The number of benzene rings is 1. The average Bonchev–Trinajstić information content (AvgIpc) is 2.77. The lowest BCUT2D eigenvalue weighted by Crippen LogP contribution is -2.34. The van der Waals surface area contributed by atoms with E-state index in [1.165, 1.54) is 10.5 Å². The lowest BCUT2D eigenvalue weighted by atomic mass is 10.1. The fourth-order valence-corrected chi connectivity index (χ4v) is 4.12. The normalized spacial score (nSPS) is 15.1. The van der Waals surface area contributed by atoms with Crippen LogP contribution in [0.15, 0.2) is 41.3 Å². The van der Waals surface area contributed by atoms with Gasteiger partial charge in [0, 0.05) is 30.5 Å². The molecule has 31 heavy (non-hydrogen) atoms. The molecule has 7 nitrogen and oxygen atoms in total. The fourth-order valence-electron chi connectivity index (χ4n) is 4.12. The number of halogens is 1. The van der Waals surface area contributed by atoms with Crippen molar-refractivity contribution in [2.75, 3.05) is 23.3 Å². The fraction of sp³-hybridized carbons (Fsp3) is 0.348. The average molecular weight is 424 g/mol. The molecular formula is C23H25FN4O3. The van der Waals surface area contributed by atoms with Gasteiger partial charge in [0.15, 0.2) is 5.82 Å². The Hall–Kier alpha value is -3.42. The number of hydrogen-bond donors (Lipinski definition) is 2. The number of nitrogens with one attached hydrogen (secondary N) is 1. The van der Waals surface area contributed by atoms with Crippen LogP contribution >= 0.6 is 0 Å². The van der Waals surface area contributed by atoms with Crippen molar-refractivity contribution in [1.82, 2.24) is 9.38 Å². The number of aromatic nitrogens is 2. The van der Waals surface area contributed by atoms with Crippen LogP contribution in [0.5, 0.6) is 0 Å². The van der Waals surface area contributed by atoms with Crippen molar-refractivity contribution in [3.05, 3.63) is 69.4 Å². The van der Waals surface area contributed by atoms with Gasteiger partial charge in [0.1, 0.15) is 5.65 Å². The van der Waals surface area contributed by atoms with Crippen molar-refractivity contribution < 1.29 is 14.3 Å². The highest BCUT2D eigenvalue weighted by molar-refractivity contribution is 5.94. The van der Waals surface area contributed by atoms with E-state index in [0.717, 1.165) is 24.8 Å². The first-order chi connectivity index (χ1) is 14.9. The monoisotopic (exact) mass is 424 g/mol. The van der Waals surface area contributed by atoms with Crippen LogP contribution in [0.4, 0.5) is 15.9 Å². The van der Waals surface area contributed by atoms with Crippen LogP contribution in [0.1, 0.15) is 53.7 Å². The van der Waals surface area contributed by atoms with Crippen molar-refractivity contribution in [3.63, 3.8) is 0 Å². The Labute approximate surface area is 179 Å². The number of piperidine rings is 1. The number of para-hydroxylation sites is 1. The predicted octanol–water partition coefficient (Wildman–Crippen LogP) is 4.00. The molecule has 0 bridgehead atoms. The molecule has 0 saturated carbocycles. The minimum Gasteiger partial charge on any atom is -0.478 e. The van der Waals surface area contributed by atoms with Crippen molar-refractivity contribution in [2.45, 2.75) is 39.2 Å². The summed E-state index contributed by atoms with van der Waals surface area (Å²) in [4.78, 5) is 30.8. The van der Waals surface area contributed by atoms with Crippen LogP contribution in [0.2, 0.25) is 0 Å². The second-order valence-corrected chi connectivity index (χ2v) is 7.99. The zero-order valence-electron chi connectivity index (χ0n) is 17.6. The topological polar surface area (TPSA) is 86.9 Å². The number of pyridine rings is 1. The molecule has 2 aromatic heterocycles. The molecule has 0 aliphatic carbocycles. The van der Waals surface area contributed by atoms with Gasteiger partial charge in [-0.25, -0.2) is 9.78 Å². The summed E-state index contributed by atoms with van der Waals surface area (Å²) in [5.74, 6) is -1.78. The first-order valence-corrected chi connectivity index (χ1v) is 10.4. The Kier molecular flexibility index (Phi) is 5.63. The lowest BCUT2D eigenvalue weighted by Gasteiger charge is -2.28. The summed E-state index contributed by atoms with van der Waals surface area (Å²) in [6, 6.07) is 8.15. The number of anilines is 2. The molecule has 0 amide bonds. The third-order valence-corrected chi connectivity index (χ3v) is 5.67. The van der Waals surface area contributed by atoms with E-state index < -0.39 is 17.3 Å². The minimum absolute atomic E-state index is 0.0907. The standard InChI is InChI=1S/C23H25FN4O3/c1-14-12-17(15(2)25-18-9-5-4-8-16(18)23(30)31)20-26-21(27-10-6-3-7-11-27)19(24)22(29)28(20)13-14/h4-5,8-9,12-13,15,25H,3,6-7,10-11H2,1-2H3,(H,30,31)/t15-/m1/s1. The Balaban J connectivity index is 1.83. The van der Waals surface area contributed by atoms with Crippen molar-refractivity contribution in [3.8, 4) is 0 Å². The second kappa shape index (κ2) is 8.37.